The number of hydrogen-bond donors (Lipinski definition) is 2. The second kappa shape index (κ2) is 5.51. The molecule has 3 N–H and O–H groups in total. The number of amides is 1. The molecule has 0 fully saturated rings. The Kier molecular flexibility index (Phi) is 3.79. The Balaban J connectivity index is 1.98. The first-order chi connectivity index (χ1) is 8.66. The molecule has 1 aromatic carbocycles. The van der Waals surface area contributed by atoms with Gasteiger partial charge < -0.3 is 15.5 Å². The van der Waals surface area contributed by atoms with Gasteiger partial charge in [-0.25, -0.2) is 0 Å². The Bertz CT molecular complexity index is 520. The molecule has 1 aromatic heterocycles. The Hall–Kier alpha value is -2.07. The van der Waals surface area contributed by atoms with E-state index in [2.05, 4.69) is 5.32 Å². The standard InChI is InChI=1S/C14H16N2O2/c1-10(13-6-3-7-18-13)16-9-11-4-2-5-12(8-11)14(15)17/h2-8,10,16H,9H2,1H3,(H2,15,17). The van der Waals surface area contributed by atoms with E-state index in [1.807, 2.05) is 31.2 Å². The Morgan fingerprint density at radius 3 is 2.89 bits per heavy atom. The zero-order valence-electron chi connectivity index (χ0n) is 10.2. The quantitative estimate of drug-likeness (QED) is 0.847. The third-order valence-corrected chi connectivity index (χ3v) is 2.79. The number of primary amides is 1. The molecule has 0 bridgehead atoms. The van der Waals surface area contributed by atoms with E-state index in [-0.39, 0.29) is 6.04 Å². The van der Waals surface area contributed by atoms with E-state index < -0.39 is 5.91 Å². The van der Waals surface area contributed by atoms with Gasteiger partial charge in [-0.15, -0.1) is 0 Å². The van der Waals surface area contributed by atoms with Crippen LogP contribution in [0.2, 0.25) is 0 Å². The van der Waals surface area contributed by atoms with Crippen LogP contribution in [0, 0.1) is 0 Å². The first-order valence-electron chi connectivity index (χ1n) is 5.82. The fourth-order valence-electron chi connectivity index (χ4n) is 1.74. The summed E-state index contributed by atoms with van der Waals surface area (Å²) in [6.45, 7) is 2.68. The molecule has 1 atom stereocenters. The maximum absolute atomic E-state index is 11.1. The number of nitrogens with one attached hydrogen (secondary N) is 1. The lowest BCUT2D eigenvalue weighted by atomic mass is 10.1. The van der Waals surface area contributed by atoms with Gasteiger partial charge in [0, 0.05) is 12.1 Å². The largest absolute Gasteiger partial charge is 0.468 e. The zero-order chi connectivity index (χ0) is 13.0. The molecule has 4 nitrogen and oxygen atoms in total. The van der Waals surface area contributed by atoms with Crippen molar-refractivity contribution in [2.24, 2.45) is 5.73 Å². The van der Waals surface area contributed by atoms with Crippen LogP contribution in [0.15, 0.2) is 47.1 Å². The number of nitrogens with two attached hydrogens (primary N) is 1. The molecule has 2 rings (SSSR count). The summed E-state index contributed by atoms with van der Waals surface area (Å²) in [5.41, 5.74) is 6.79. The predicted octanol–water partition coefficient (Wildman–Crippen LogP) is 2.23. The lowest BCUT2D eigenvalue weighted by molar-refractivity contribution is 0.1000. The number of benzene rings is 1. The number of furan rings is 1. The van der Waals surface area contributed by atoms with E-state index in [0.717, 1.165) is 11.3 Å². The van der Waals surface area contributed by atoms with Crippen molar-refractivity contribution in [3.05, 3.63) is 59.5 Å². The van der Waals surface area contributed by atoms with E-state index in [1.165, 1.54) is 0 Å². The Morgan fingerprint density at radius 2 is 2.22 bits per heavy atom. The molecule has 0 saturated carbocycles. The van der Waals surface area contributed by atoms with Crippen LogP contribution in [0.5, 0.6) is 0 Å². The summed E-state index contributed by atoms with van der Waals surface area (Å²) in [5.74, 6) is 0.483. The molecule has 4 heteroatoms. The van der Waals surface area contributed by atoms with Gasteiger partial charge in [0.25, 0.3) is 0 Å². The third kappa shape index (κ3) is 2.99. The maximum Gasteiger partial charge on any atom is 0.248 e. The second-order valence-corrected chi connectivity index (χ2v) is 4.18. The summed E-state index contributed by atoms with van der Waals surface area (Å²) in [6.07, 6.45) is 1.65. The fourth-order valence-corrected chi connectivity index (χ4v) is 1.74. The molecule has 94 valence electrons. The van der Waals surface area contributed by atoms with Gasteiger partial charge in [0.05, 0.1) is 12.3 Å². The van der Waals surface area contributed by atoms with Crippen LogP contribution < -0.4 is 11.1 Å². The number of rotatable bonds is 5. The molecule has 0 aliphatic rings. The van der Waals surface area contributed by atoms with Crippen molar-refractivity contribution in [2.45, 2.75) is 19.5 Å². The van der Waals surface area contributed by atoms with Gasteiger partial charge in [-0.3, -0.25) is 4.79 Å². The molecular weight excluding hydrogens is 228 g/mol. The van der Waals surface area contributed by atoms with Crippen LogP contribution in [-0.4, -0.2) is 5.91 Å². The van der Waals surface area contributed by atoms with Crippen molar-refractivity contribution in [3.8, 4) is 0 Å². The highest BCUT2D eigenvalue weighted by Gasteiger charge is 2.07. The second-order valence-electron chi connectivity index (χ2n) is 4.18. The highest BCUT2D eigenvalue weighted by atomic mass is 16.3. The average Bonchev–Trinajstić information content (AvgIpc) is 2.90. The SMILES string of the molecule is CC(NCc1cccc(C(N)=O)c1)c1ccco1. The minimum Gasteiger partial charge on any atom is -0.468 e. The van der Waals surface area contributed by atoms with Gasteiger partial charge in [0.2, 0.25) is 5.91 Å². The molecule has 18 heavy (non-hydrogen) atoms. The van der Waals surface area contributed by atoms with Crippen molar-refractivity contribution >= 4 is 5.91 Å². The van der Waals surface area contributed by atoms with Crippen molar-refractivity contribution in [2.75, 3.05) is 0 Å². The number of hydrogen-bond acceptors (Lipinski definition) is 3. The molecule has 0 radical (unpaired) electrons. The molecule has 2 aromatic rings. The molecular formula is C14H16N2O2. The predicted molar refractivity (Wildman–Crippen MR) is 68.9 cm³/mol. The van der Waals surface area contributed by atoms with E-state index in [4.69, 9.17) is 10.2 Å². The lowest BCUT2D eigenvalue weighted by Gasteiger charge is -2.11. The molecule has 0 aliphatic carbocycles. The van der Waals surface area contributed by atoms with Crippen LogP contribution in [0.25, 0.3) is 0 Å². The van der Waals surface area contributed by atoms with Gasteiger partial charge in [-0.2, -0.15) is 0 Å². The van der Waals surface area contributed by atoms with Crippen molar-refractivity contribution in [1.29, 1.82) is 0 Å². The number of carbonyl (C=O) groups is 1. The van der Waals surface area contributed by atoms with E-state index >= 15 is 0 Å². The lowest BCUT2D eigenvalue weighted by Crippen LogP contribution is -2.18. The highest BCUT2D eigenvalue weighted by Crippen LogP contribution is 2.13. The highest BCUT2D eigenvalue weighted by molar-refractivity contribution is 5.92. The topological polar surface area (TPSA) is 68.3 Å². The summed E-state index contributed by atoms with van der Waals surface area (Å²) < 4.78 is 5.31. The van der Waals surface area contributed by atoms with Crippen molar-refractivity contribution in [1.82, 2.24) is 5.32 Å². The molecule has 1 amide bonds. The molecule has 1 unspecified atom stereocenters. The summed E-state index contributed by atoms with van der Waals surface area (Å²) >= 11 is 0. The van der Waals surface area contributed by atoms with Crippen LogP contribution >= 0.6 is 0 Å². The van der Waals surface area contributed by atoms with Crippen LogP contribution in [0.3, 0.4) is 0 Å². The van der Waals surface area contributed by atoms with E-state index in [0.29, 0.717) is 12.1 Å². The molecule has 1 heterocycles. The number of carbonyl (C=O) groups excluding carboxylic acids is 1. The minimum absolute atomic E-state index is 0.122. The smallest absolute Gasteiger partial charge is 0.248 e. The van der Waals surface area contributed by atoms with Gasteiger partial charge >= 0.3 is 0 Å². The molecule has 0 spiro atoms. The summed E-state index contributed by atoms with van der Waals surface area (Å²) in [4.78, 5) is 11.1. The maximum atomic E-state index is 11.1. The van der Waals surface area contributed by atoms with Gasteiger partial charge in [-0.1, -0.05) is 12.1 Å². The Morgan fingerprint density at radius 1 is 1.39 bits per heavy atom. The average molecular weight is 244 g/mol. The fraction of sp³-hybridized carbons (Fsp3) is 0.214. The van der Waals surface area contributed by atoms with Crippen molar-refractivity contribution < 1.29 is 9.21 Å². The van der Waals surface area contributed by atoms with Gasteiger partial charge in [-0.05, 0) is 36.8 Å². The first-order valence-corrected chi connectivity index (χ1v) is 5.82. The van der Waals surface area contributed by atoms with E-state index in [1.54, 1.807) is 18.4 Å². The summed E-state index contributed by atoms with van der Waals surface area (Å²) in [5, 5.41) is 3.32. The first kappa shape index (κ1) is 12.4. The molecule has 0 aliphatic heterocycles. The van der Waals surface area contributed by atoms with Crippen LogP contribution in [0.4, 0.5) is 0 Å². The summed E-state index contributed by atoms with van der Waals surface area (Å²) in [6, 6.07) is 11.2. The van der Waals surface area contributed by atoms with E-state index in [9.17, 15) is 4.79 Å². The zero-order valence-corrected chi connectivity index (χ0v) is 10.2. The van der Waals surface area contributed by atoms with Crippen LogP contribution in [-0.2, 0) is 6.54 Å². The third-order valence-electron chi connectivity index (χ3n) is 2.79. The minimum atomic E-state index is -0.407. The van der Waals surface area contributed by atoms with Crippen molar-refractivity contribution in [3.63, 3.8) is 0 Å². The van der Waals surface area contributed by atoms with Gasteiger partial charge in [0.15, 0.2) is 0 Å². The normalized spacial score (nSPS) is 12.3. The van der Waals surface area contributed by atoms with Crippen LogP contribution in [0.1, 0.15) is 34.6 Å². The van der Waals surface area contributed by atoms with Gasteiger partial charge in [0.1, 0.15) is 5.76 Å². The summed E-state index contributed by atoms with van der Waals surface area (Å²) in [7, 11) is 0. The Labute approximate surface area is 106 Å². The monoisotopic (exact) mass is 244 g/mol. The molecule has 0 saturated heterocycles.